The molecule has 0 aliphatic heterocycles. The van der Waals surface area contributed by atoms with Crippen molar-refractivity contribution in [1.29, 1.82) is 0 Å². The van der Waals surface area contributed by atoms with Crippen molar-refractivity contribution in [1.82, 2.24) is 9.97 Å². The minimum Gasteiger partial charge on any atom is -0.382 e. The Kier molecular flexibility index (Phi) is 2.66. The molecule has 0 fully saturated rings. The summed E-state index contributed by atoms with van der Waals surface area (Å²) in [5.74, 6) is 0.508. The van der Waals surface area contributed by atoms with Gasteiger partial charge in [-0.25, -0.2) is 9.97 Å². The van der Waals surface area contributed by atoms with Crippen molar-refractivity contribution in [3.8, 4) is 0 Å². The van der Waals surface area contributed by atoms with Crippen LogP contribution in [-0.4, -0.2) is 16.5 Å². The lowest BCUT2D eigenvalue weighted by molar-refractivity contribution is 0.974. The monoisotopic (exact) mass is 152 g/mol. The zero-order valence-electron chi connectivity index (χ0n) is 6.54. The molecular formula is C7H12N4. The van der Waals surface area contributed by atoms with Crippen molar-refractivity contribution < 1.29 is 0 Å². The van der Waals surface area contributed by atoms with E-state index in [0.29, 0.717) is 5.82 Å². The molecule has 11 heavy (non-hydrogen) atoms. The van der Waals surface area contributed by atoms with Gasteiger partial charge < -0.3 is 11.1 Å². The molecule has 0 radical (unpaired) electrons. The molecule has 0 spiro atoms. The molecule has 0 saturated carbocycles. The summed E-state index contributed by atoms with van der Waals surface area (Å²) in [7, 11) is 0. The molecule has 1 aromatic rings. The van der Waals surface area contributed by atoms with Crippen molar-refractivity contribution in [3.63, 3.8) is 0 Å². The van der Waals surface area contributed by atoms with Crippen molar-refractivity contribution >= 4 is 11.5 Å². The number of aromatic nitrogens is 2. The van der Waals surface area contributed by atoms with E-state index in [-0.39, 0.29) is 0 Å². The van der Waals surface area contributed by atoms with Crippen LogP contribution in [0.2, 0.25) is 0 Å². The van der Waals surface area contributed by atoms with E-state index < -0.39 is 0 Å². The van der Waals surface area contributed by atoms with E-state index in [1.54, 1.807) is 6.20 Å². The Morgan fingerprint density at radius 1 is 1.64 bits per heavy atom. The quantitative estimate of drug-likeness (QED) is 0.674. The molecule has 0 bridgehead atoms. The van der Waals surface area contributed by atoms with E-state index in [4.69, 9.17) is 5.73 Å². The standard InChI is InChI=1S/C7H12N4/c1-2-3-10-6-4-9-5-11-7(6)8/h4-5,10H,2-3H2,1H3,(H2,8,9,11). The van der Waals surface area contributed by atoms with E-state index >= 15 is 0 Å². The molecule has 3 N–H and O–H groups in total. The SMILES string of the molecule is CCCNc1cncnc1N. The number of hydrogen-bond acceptors (Lipinski definition) is 4. The lowest BCUT2D eigenvalue weighted by Gasteiger charge is -2.04. The Labute approximate surface area is 65.9 Å². The van der Waals surface area contributed by atoms with Crippen molar-refractivity contribution in [3.05, 3.63) is 12.5 Å². The van der Waals surface area contributed by atoms with E-state index in [1.165, 1.54) is 6.33 Å². The van der Waals surface area contributed by atoms with E-state index in [0.717, 1.165) is 18.7 Å². The molecule has 0 aliphatic rings. The predicted octanol–water partition coefficient (Wildman–Crippen LogP) is 0.881. The van der Waals surface area contributed by atoms with Crippen molar-refractivity contribution in [2.45, 2.75) is 13.3 Å². The van der Waals surface area contributed by atoms with Gasteiger partial charge in [0.2, 0.25) is 0 Å². The minimum absolute atomic E-state index is 0.508. The van der Waals surface area contributed by atoms with Crippen LogP contribution in [0.5, 0.6) is 0 Å². The second-order valence-electron chi connectivity index (χ2n) is 2.25. The van der Waals surface area contributed by atoms with Crippen LogP contribution in [0.25, 0.3) is 0 Å². The summed E-state index contributed by atoms with van der Waals surface area (Å²) in [4.78, 5) is 7.68. The average molecular weight is 152 g/mol. The average Bonchev–Trinajstić information content (AvgIpc) is 2.03. The first-order valence-corrected chi connectivity index (χ1v) is 3.64. The minimum atomic E-state index is 0.508. The number of nitrogens with two attached hydrogens (primary N) is 1. The fourth-order valence-corrected chi connectivity index (χ4v) is 0.735. The summed E-state index contributed by atoms with van der Waals surface area (Å²) >= 11 is 0. The number of rotatable bonds is 3. The van der Waals surface area contributed by atoms with Crippen LogP contribution < -0.4 is 11.1 Å². The molecule has 0 unspecified atom stereocenters. The van der Waals surface area contributed by atoms with Crippen molar-refractivity contribution in [2.24, 2.45) is 0 Å². The largest absolute Gasteiger partial charge is 0.382 e. The van der Waals surface area contributed by atoms with Gasteiger partial charge in [0.05, 0.1) is 11.9 Å². The molecule has 0 saturated heterocycles. The normalized spacial score (nSPS) is 9.55. The number of hydrogen-bond donors (Lipinski definition) is 2. The van der Waals surface area contributed by atoms with Gasteiger partial charge in [0.1, 0.15) is 12.1 Å². The third-order valence-corrected chi connectivity index (χ3v) is 1.31. The first-order chi connectivity index (χ1) is 5.34. The maximum atomic E-state index is 5.55. The number of nitrogen functional groups attached to an aromatic ring is 1. The Morgan fingerprint density at radius 3 is 3.09 bits per heavy atom. The molecule has 4 nitrogen and oxygen atoms in total. The fourth-order valence-electron chi connectivity index (χ4n) is 0.735. The smallest absolute Gasteiger partial charge is 0.150 e. The summed E-state index contributed by atoms with van der Waals surface area (Å²) in [6, 6.07) is 0. The molecule has 0 atom stereocenters. The predicted molar refractivity (Wildman–Crippen MR) is 45.2 cm³/mol. The maximum Gasteiger partial charge on any atom is 0.150 e. The molecule has 1 heterocycles. The fraction of sp³-hybridized carbons (Fsp3) is 0.429. The first-order valence-electron chi connectivity index (χ1n) is 3.64. The highest BCUT2D eigenvalue weighted by Gasteiger charge is 1.95. The van der Waals surface area contributed by atoms with E-state index in [9.17, 15) is 0 Å². The highest BCUT2D eigenvalue weighted by molar-refractivity contribution is 5.59. The van der Waals surface area contributed by atoms with Crippen LogP contribution in [0.3, 0.4) is 0 Å². The third kappa shape index (κ3) is 2.07. The lowest BCUT2D eigenvalue weighted by Crippen LogP contribution is -2.04. The summed E-state index contributed by atoms with van der Waals surface area (Å²) in [6.45, 7) is 2.99. The second kappa shape index (κ2) is 3.75. The summed E-state index contributed by atoms with van der Waals surface area (Å²) < 4.78 is 0. The Balaban J connectivity index is 2.62. The van der Waals surface area contributed by atoms with Gasteiger partial charge in [-0.2, -0.15) is 0 Å². The van der Waals surface area contributed by atoms with Crippen LogP contribution in [0.4, 0.5) is 11.5 Å². The van der Waals surface area contributed by atoms with Crippen LogP contribution in [-0.2, 0) is 0 Å². The van der Waals surface area contributed by atoms with Crippen molar-refractivity contribution in [2.75, 3.05) is 17.6 Å². The van der Waals surface area contributed by atoms with Gasteiger partial charge in [0, 0.05) is 6.54 Å². The van der Waals surface area contributed by atoms with Crippen LogP contribution in [0.15, 0.2) is 12.5 Å². The Hall–Kier alpha value is -1.32. The second-order valence-corrected chi connectivity index (χ2v) is 2.25. The number of nitrogens with zero attached hydrogens (tertiary/aromatic N) is 2. The van der Waals surface area contributed by atoms with E-state index in [2.05, 4.69) is 22.2 Å². The first kappa shape index (κ1) is 7.78. The molecule has 0 aromatic carbocycles. The molecule has 4 heteroatoms. The number of nitrogens with one attached hydrogen (secondary N) is 1. The van der Waals surface area contributed by atoms with Crippen LogP contribution >= 0.6 is 0 Å². The summed E-state index contributed by atoms with van der Waals surface area (Å²) in [5.41, 5.74) is 6.36. The topological polar surface area (TPSA) is 63.8 Å². The van der Waals surface area contributed by atoms with Gasteiger partial charge in [-0.3, -0.25) is 0 Å². The summed E-state index contributed by atoms with van der Waals surface area (Å²) in [6.07, 6.45) is 4.18. The Bertz CT molecular complexity index is 223. The van der Waals surface area contributed by atoms with Crippen LogP contribution in [0, 0.1) is 0 Å². The van der Waals surface area contributed by atoms with Gasteiger partial charge in [-0.05, 0) is 6.42 Å². The molecular weight excluding hydrogens is 140 g/mol. The van der Waals surface area contributed by atoms with Gasteiger partial charge in [-0.1, -0.05) is 6.92 Å². The highest BCUT2D eigenvalue weighted by Crippen LogP contribution is 2.10. The molecule has 1 rings (SSSR count). The number of anilines is 2. The lowest BCUT2D eigenvalue weighted by atomic mass is 10.4. The van der Waals surface area contributed by atoms with Gasteiger partial charge in [0.25, 0.3) is 0 Å². The summed E-state index contributed by atoms with van der Waals surface area (Å²) in [5, 5.41) is 3.11. The van der Waals surface area contributed by atoms with Gasteiger partial charge in [0.15, 0.2) is 0 Å². The van der Waals surface area contributed by atoms with Gasteiger partial charge >= 0.3 is 0 Å². The third-order valence-electron chi connectivity index (χ3n) is 1.31. The zero-order chi connectivity index (χ0) is 8.10. The zero-order valence-corrected chi connectivity index (χ0v) is 6.54. The molecule has 1 aromatic heterocycles. The highest BCUT2D eigenvalue weighted by atomic mass is 15.0. The van der Waals surface area contributed by atoms with Crippen LogP contribution in [0.1, 0.15) is 13.3 Å². The molecule has 0 aliphatic carbocycles. The molecule has 60 valence electrons. The maximum absolute atomic E-state index is 5.55. The molecule has 0 amide bonds. The Morgan fingerprint density at radius 2 is 2.45 bits per heavy atom. The van der Waals surface area contributed by atoms with E-state index in [1.807, 2.05) is 0 Å². The van der Waals surface area contributed by atoms with Gasteiger partial charge in [-0.15, -0.1) is 0 Å².